The highest BCUT2D eigenvalue weighted by Gasteiger charge is 2.17. The summed E-state index contributed by atoms with van der Waals surface area (Å²) >= 11 is 1.74. The number of ether oxygens (including phenoxy) is 2. The largest absolute Gasteiger partial charge is 0.496 e. The highest BCUT2D eigenvalue weighted by atomic mass is 32.1. The van der Waals surface area contributed by atoms with Gasteiger partial charge in [0.1, 0.15) is 5.75 Å². The smallest absolute Gasteiger partial charge is 0.306 e. The van der Waals surface area contributed by atoms with Crippen molar-refractivity contribution in [3.8, 4) is 5.75 Å². The predicted molar refractivity (Wildman–Crippen MR) is 119 cm³/mol. The zero-order valence-electron chi connectivity index (χ0n) is 17.6. The number of aryl methyl sites for hydroxylation is 3. The highest BCUT2D eigenvalue weighted by molar-refractivity contribution is 7.09. The number of benzene rings is 1. The molecule has 0 amide bonds. The highest BCUT2D eigenvalue weighted by Crippen LogP contribution is 2.20. The van der Waals surface area contributed by atoms with E-state index >= 15 is 0 Å². The first-order valence-electron chi connectivity index (χ1n) is 9.99. The first kappa shape index (κ1) is 21.8. The van der Waals surface area contributed by atoms with Crippen molar-refractivity contribution in [3.63, 3.8) is 0 Å². The van der Waals surface area contributed by atoms with Gasteiger partial charge in [-0.3, -0.25) is 9.59 Å². The van der Waals surface area contributed by atoms with Crippen molar-refractivity contribution in [2.75, 3.05) is 13.7 Å². The summed E-state index contributed by atoms with van der Waals surface area (Å²) in [6.45, 7) is 4.53. The van der Waals surface area contributed by atoms with Crippen molar-refractivity contribution in [1.29, 1.82) is 0 Å². The van der Waals surface area contributed by atoms with Crippen LogP contribution >= 0.6 is 11.3 Å². The van der Waals surface area contributed by atoms with E-state index in [1.54, 1.807) is 18.4 Å². The van der Waals surface area contributed by atoms with Gasteiger partial charge >= 0.3 is 5.97 Å². The fourth-order valence-corrected chi connectivity index (χ4v) is 4.24. The summed E-state index contributed by atoms with van der Waals surface area (Å²) in [5, 5.41) is 2.07. The molecular formula is C24H27NO4S. The average Bonchev–Trinajstić information content (AvgIpc) is 3.37. The normalized spacial score (nSPS) is 10.8. The van der Waals surface area contributed by atoms with Crippen LogP contribution in [0.15, 0.2) is 47.8 Å². The number of ketones is 1. The van der Waals surface area contributed by atoms with Gasteiger partial charge in [-0.1, -0.05) is 24.3 Å². The number of methoxy groups -OCH3 is 1. The molecule has 0 aliphatic heterocycles. The van der Waals surface area contributed by atoms with Gasteiger partial charge in [-0.05, 0) is 55.8 Å². The lowest BCUT2D eigenvalue weighted by molar-refractivity contribution is -0.142. The van der Waals surface area contributed by atoms with Gasteiger partial charge in [0.15, 0.2) is 6.61 Å². The Morgan fingerprint density at radius 1 is 1.07 bits per heavy atom. The molecule has 3 aromatic rings. The summed E-state index contributed by atoms with van der Waals surface area (Å²) in [5.74, 6) is 0.188. The lowest BCUT2D eigenvalue weighted by Crippen LogP contribution is -2.15. The third kappa shape index (κ3) is 5.39. The lowest BCUT2D eigenvalue weighted by Gasteiger charge is -2.09. The van der Waals surface area contributed by atoms with Gasteiger partial charge < -0.3 is 14.0 Å². The van der Waals surface area contributed by atoms with Crippen molar-refractivity contribution >= 4 is 23.1 Å². The van der Waals surface area contributed by atoms with E-state index in [4.69, 9.17) is 9.47 Å². The first-order chi connectivity index (χ1) is 14.5. The number of hydrogen-bond acceptors (Lipinski definition) is 5. The minimum absolute atomic E-state index is 0.170. The Hall–Kier alpha value is -2.86. The van der Waals surface area contributed by atoms with E-state index < -0.39 is 0 Å². The maximum Gasteiger partial charge on any atom is 0.306 e. The van der Waals surface area contributed by atoms with Crippen LogP contribution < -0.4 is 4.74 Å². The molecule has 0 atom stereocenters. The summed E-state index contributed by atoms with van der Waals surface area (Å²) in [6.07, 6.45) is 1.64. The third-order valence-electron chi connectivity index (χ3n) is 5.19. The molecule has 0 radical (unpaired) electrons. The Balaban J connectivity index is 1.53. The molecule has 5 nitrogen and oxygen atoms in total. The number of para-hydroxylation sites is 1. The van der Waals surface area contributed by atoms with Crippen LogP contribution in [0.2, 0.25) is 0 Å². The maximum absolute atomic E-state index is 12.6. The Bertz CT molecular complexity index is 1000. The molecule has 2 aromatic heterocycles. The number of esters is 1. The zero-order valence-corrected chi connectivity index (χ0v) is 18.5. The fourth-order valence-electron chi connectivity index (χ4n) is 3.55. The molecule has 0 aliphatic rings. The van der Waals surface area contributed by atoms with Crippen LogP contribution in [-0.2, 0) is 28.9 Å². The number of rotatable bonds is 10. The summed E-state index contributed by atoms with van der Waals surface area (Å²) in [5.41, 5.74) is 3.52. The summed E-state index contributed by atoms with van der Waals surface area (Å²) in [6, 6.07) is 13.6. The number of Topliss-reactive ketones (excluding diaryl/α,β-unsaturated/α-hetero) is 1. The number of aromatic nitrogens is 1. The van der Waals surface area contributed by atoms with Crippen molar-refractivity contribution in [1.82, 2.24) is 4.57 Å². The molecule has 0 bridgehead atoms. The Morgan fingerprint density at radius 3 is 2.60 bits per heavy atom. The van der Waals surface area contributed by atoms with E-state index in [-0.39, 0.29) is 24.8 Å². The second-order valence-corrected chi connectivity index (χ2v) is 8.19. The third-order valence-corrected chi connectivity index (χ3v) is 6.13. The monoisotopic (exact) mass is 425 g/mol. The number of nitrogens with zero attached hydrogens (tertiary/aromatic N) is 1. The van der Waals surface area contributed by atoms with Crippen LogP contribution in [0, 0.1) is 13.8 Å². The van der Waals surface area contributed by atoms with Gasteiger partial charge in [-0.25, -0.2) is 0 Å². The summed E-state index contributed by atoms with van der Waals surface area (Å²) < 4.78 is 12.7. The number of carbonyl (C=O) groups excluding carboxylic acids is 2. The quantitative estimate of drug-likeness (QED) is 0.347. The lowest BCUT2D eigenvalue weighted by atomic mass is 10.1. The van der Waals surface area contributed by atoms with E-state index in [1.165, 1.54) is 4.88 Å². The molecule has 0 saturated heterocycles. The molecule has 0 saturated carbocycles. The van der Waals surface area contributed by atoms with Crippen molar-refractivity contribution < 1.29 is 19.1 Å². The molecule has 0 aliphatic carbocycles. The minimum atomic E-state index is -0.388. The van der Waals surface area contributed by atoms with Crippen molar-refractivity contribution in [2.24, 2.45) is 0 Å². The fraction of sp³-hybridized carbons (Fsp3) is 0.333. The number of thiophene rings is 1. The van der Waals surface area contributed by atoms with Gasteiger partial charge in [-0.2, -0.15) is 0 Å². The molecule has 0 unspecified atom stereocenters. The van der Waals surface area contributed by atoms with Crippen LogP contribution in [0.3, 0.4) is 0 Å². The molecule has 158 valence electrons. The molecule has 0 spiro atoms. The molecule has 30 heavy (non-hydrogen) atoms. The average molecular weight is 426 g/mol. The summed E-state index contributed by atoms with van der Waals surface area (Å²) in [7, 11) is 1.60. The van der Waals surface area contributed by atoms with Crippen LogP contribution in [0.5, 0.6) is 5.75 Å². The van der Waals surface area contributed by atoms with Crippen molar-refractivity contribution in [3.05, 3.63) is 75.2 Å². The van der Waals surface area contributed by atoms with Gasteiger partial charge in [0.05, 0.1) is 7.11 Å². The Morgan fingerprint density at radius 2 is 1.87 bits per heavy atom. The van der Waals surface area contributed by atoms with Gasteiger partial charge in [0, 0.05) is 34.8 Å². The van der Waals surface area contributed by atoms with Crippen LogP contribution in [-0.4, -0.2) is 30.0 Å². The molecule has 0 N–H and O–H groups in total. The second kappa shape index (κ2) is 10.3. The molecule has 6 heteroatoms. The molecule has 3 rings (SSSR count). The van der Waals surface area contributed by atoms with Crippen LogP contribution in [0.4, 0.5) is 0 Å². The van der Waals surface area contributed by atoms with Gasteiger partial charge in [-0.15, -0.1) is 11.3 Å². The predicted octanol–water partition coefficient (Wildman–Crippen LogP) is 4.78. The van der Waals surface area contributed by atoms with E-state index in [0.717, 1.165) is 35.7 Å². The standard InChI is InChI=1S/C24H27NO4S/c1-17-15-21(18(2)25(17)13-12-20-8-6-14-30-20)22(26)16-29-24(27)11-10-19-7-4-5-9-23(19)28-3/h4-9,14-15H,10-13,16H2,1-3H3. The van der Waals surface area contributed by atoms with Crippen LogP contribution in [0.25, 0.3) is 0 Å². The first-order valence-corrected chi connectivity index (χ1v) is 10.9. The molecular weight excluding hydrogens is 398 g/mol. The van der Waals surface area contributed by atoms with E-state index in [2.05, 4.69) is 16.0 Å². The SMILES string of the molecule is COc1ccccc1CCC(=O)OCC(=O)c1cc(C)n(CCc2cccs2)c1C. The van der Waals surface area contributed by atoms with Gasteiger partial charge in [0.2, 0.25) is 5.78 Å². The minimum Gasteiger partial charge on any atom is -0.496 e. The number of carbonyl (C=O) groups is 2. The van der Waals surface area contributed by atoms with E-state index in [1.807, 2.05) is 50.2 Å². The summed E-state index contributed by atoms with van der Waals surface area (Å²) in [4.78, 5) is 26.1. The molecule has 1 aromatic carbocycles. The topological polar surface area (TPSA) is 57.5 Å². The zero-order chi connectivity index (χ0) is 21.5. The Labute approximate surface area is 181 Å². The van der Waals surface area contributed by atoms with Gasteiger partial charge in [0.25, 0.3) is 0 Å². The second-order valence-electron chi connectivity index (χ2n) is 7.16. The molecule has 0 fully saturated rings. The Kier molecular flexibility index (Phi) is 7.46. The van der Waals surface area contributed by atoms with E-state index in [9.17, 15) is 9.59 Å². The van der Waals surface area contributed by atoms with Crippen LogP contribution in [0.1, 0.15) is 38.6 Å². The number of hydrogen-bond donors (Lipinski definition) is 0. The van der Waals surface area contributed by atoms with E-state index in [0.29, 0.717) is 12.0 Å². The van der Waals surface area contributed by atoms with Crippen molar-refractivity contribution in [2.45, 2.75) is 39.7 Å². The molecule has 2 heterocycles. The maximum atomic E-state index is 12.6.